The van der Waals surface area contributed by atoms with Crippen molar-refractivity contribution in [3.63, 3.8) is 0 Å². The van der Waals surface area contributed by atoms with Crippen LogP contribution in [-0.2, 0) is 37.0 Å². The number of alkyl halides is 3. The second kappa shape index (κ2) is 11.2. The molecule has 1 aliphatic heterocycles. The molecular formula is C23H25F3O5S. The highest BCUT2D eigenvalue weighted by Crippen LogP contribution is 2.40. The second-order valence-corrected chi connectivity index (χ2v) is 8.23. The van der Waals surface area contributed by atoms with Gasteiger partial charge in [-0.1, -0.05) is 60.7 Å². The van der Waals surface area contributed by atoms with Crippen molar-refractivity contribution in [3.8, 4) is 0 Å². The topological polar surface area (TPSA) is 54.0 Å². The molecule has 5 atom stereocenters. The maximum absolute atomic E-state index is 13.9. The van der Waals surface area contributed by atoms with Gasteiger partial charge in [0.05, 0.1) is 13.2 Å². The number of carbonyl (C=O) groups is 1. The van der Waals surface area contributed by atoms with E-state index in [1.807, 2.05) is 30.3 Å². The van der Waals surface area contributed by atoms with Crippen molar-refractivity contribution in [1.82, 2.24) is 0 Å². The monoisotopic (exact) mass is 470 g/mol. The Labute approximate surface area is 189 Å². The van der Waals surface area contributed by atoms with Gasteiger partial charge in [0.25, 0.3) is 0 Å². The standard InChI is InChI=1S/C23H25F3O5S/c1-15(27)30-18-19(28-13-16-9-5-3-6-10-16)21(23(24,25)26)31-22(32-2)20(18)29-14-17-11-7-4-8-12-17/h3-12,18-22H,13-14H2,1-2H3/t18-,19+,20+,21-,22-/m1/s1. The third-order valence-electron chi connectivity index (χ3n) is 4.92. The van der Waals surface area contributed by atoms with E-state index in [9.17, 15) is 18.0 Å². The molecule has 9 heteroatoms. The van der Waals surface area contributed by atoms with Crippen LogP contribution in [0.5, 0.6) is 0 Å². The van der Waals surface area contributed by atoms with Crippen LogP contribution >= 0.6 is 11.8 Å². The number of hydrogen-bond acceptors (Lipinski definition) is 6. The molecule has 5 nitrogen and oxygen atoms in total. The number of esters is 1. The van der Waals surface area contributed by atoms with E-state index in [4.69, 9.17) is 18.9 Å². The SMILES string of the molecule is CS[C@H]1O[C@@H](C(F)(F)F)[C@@H](OCc2ccccc2)[C@@H](OC(C)=O)[C@@H]1OCc1ccccc1. The van der Waals surface area contributed by atoms with E-state index in [1.54, 1.807) is 36.6 Å². The molecule has 0 aliphatic carbocycles. The van der Waals surface area contributed by atoms with Gasteiger partial charge in [0.1, 0.15) is 17.6 Å². The molecule has 2 aromatic carbocycles. The Morgan fingerprint density at radius 1 is 0.906 bits per heavy atom. The van der Waals surface area contributed by atoms with Crippen LogP contribution in [0, 0.1) is 0 Å². The van der Waals surface area contributed by atoms with Crippen molar-refractivity contribution in [2.45, 2.75) is 56.2 Å². The molecule has 0 bridgehead atoms. The van der Waals surface area contributed by atoms with E-state index in [1.165, 1.54) is 0 Å². The molecule has 2 aromatic rings. The Morgan fingerprint density at radius 2 is 1.41 bits per heavy atom. The molecule has 1 heterocycles. The van der Waals surface area contributed by atoms with Gasteiger partial charge in [-0.3, -0.25) is 4.79 Å². The fraction of sp³-hybridized carbons (Fsp3) is 0.435. The zero-order valence-corrected chi connectivity index (χ0v) is 18.5. The largest absolute Gasteiger partial charge is 0.457 e. The number of hydrogen-bond donors (Lipinski definition) is 0. The first kappa shape index (κ1) is 24.6. The first-order chi connectivity index (χ1) is 15.3. The lowest BCUT2D eigenvalue weighted by Gasteiger charge is -2.45. The first-order valence-corrected chi connectivity index (χ1v) is 11.3. The summed E-state index contributed by atoms with van der Waals surface area (Å²) >= 11 is 1.06. The Morgan fingerprint density at radius 3 is 1.84 bits per heavy atom. The van der Waals surface area contributed by atoms with Gasteiger partial charge in [0.2, 0.25) is 0 Å². The predicted octanol–water partition coefficient (Wildman–Crippen LogP) is 4.74. The summed E-state index contributed by atoms with van der Waals surface area (Å²) in [4.78, 5) is 11.8. The number of benzene rings is 2. The lowest BCUT2D eigenvalue weighted by atomic mass is 9.98. The Kier molecular flexibility index (Phi) is 8.58. The summed E-state index contributed by atoms with van der Waals surface area (Å²) in [6.45, 7) is 1.16. The normalized spacial score (nSPS) is 26.0. The molecule has 32 heavy (non-hydrogen) atoms. The van der Waals surface area contributed by atoms with Crippen LogP contribution in [0.25, 0.3) is 0 Å². The van der Waals surface area contributed by atoms with Crippen LogP contribution in [0.1, 0.15) is 18.1 Å². The van der Waals surface area contributed by atoms with Gasteiger partial charge in [-0.15, -0.1) is 11.8 Å². The number of carbonyl (C=O) groups excluding carboxylic acids is 1. The average molecular weight is 471 g/mol. The zero-order chi connectivity index (χ0) is 23.1. The minimum absolute atomic E-state index is 0.103. The third-order valence-corrected chi connectivity index (χ3v) is 5.77. The summed E-state index contributed by atoms with van der Waals surface area (Å²) in [7, 11) is 0. The molecule has 0 spiro atoms. The summed E-state index contributed by atoms with van der Waals surface area (Å²) < 4.78 is 64.2. The van der Waals surface area contributed by atoms with Crippen molar-refractivity contribution < 1.29 is 36.9 Å². The lowest BCUT2D eigenvalue weighted by molar-refractivity contribution is -0.312. The van der Waals surface area contributed by atoms with E-state index in [0.29, 0.717) is 5.56 Å². The van der Waals surface area contributed by atoms with Crippen molar-refractivity contribution in [2.75, 3.05) is 6.26 Å². The Bertz CT molecular complexity index is 850. The molecule has 0 unspecified atom stereocenters. The molecule has 0 amide bonds. The number of halogens is 3. The fourth-order valence-corrected chi connectivity index (χ4v) is 4.21. The molecule has 0 radical (unpaired) electrons. The maximum atomic E-state index is 13.9. The molecule has 1 aliphatic rings. The van der Waals surface area contributed by atoms with Crippen LogP contribution in [0.3, 0.4) is 0 Å². The van der Waals surface area contributed by atoms with Crippen LogP contribution in [-0.4, -0.2) is 48.3 Å². The van der Waals surface area contributed by atoms with E-state index in [-0.39, 0.29) is 13.2 Å². The molecule has 1 fully saturated rings. The van der Waals surface area contributed by atoms with E-state index in [2.05, 4.69) is 0 Å². The molecule has 0 aromatic heterocycles. The number of rotatable bonds is 8. The summed E-state index contributed by atoms with van der Waals surface area (Å²) in [6.07, 6.45) is -9.25. The molecule has 0 N–H and O–H groups in total. The van der Waals surface area contributed by atoms with Crippen LogP contribution in [0.4, 0.5) is 13.2 Å². The summed E-state index contributed by atoms with van der Waals surface area (Å²) in [5.41, 5.74) is 0.503. The summed E-state index contributed by atoms with van der Waals surface area (Å²) in [6, 6.07) is 18.0. The van der Waals surface area contributed by atoms with Gasteiger partial charge in [-0.05, 0) is 17.4 Å². The fourth-order valence-electron chi connectivity index (χ4n) is 3.48. The van der Waals surface area contributed by atoms with Gasteiger partial charge in [0.15, 0.2) is 12.2 Å². The highest BCUT2D eigenvalue weighted by atomic mass is 32.2. The second-order valence-electron chi connectivity index (χ2n) is 7.30. The van der Waals surface area contributed by atoms with E-state index < -0.39 is 42.0 Å². The minimum atomic E-state index is -4.72. The third kappa shape index (κ3) is 6.48. The quantitative estimate of drug-likeness (QED) is 0.520. The predicted molar refractivity (Wildman–Crippen MR) is 114 cm³/mol. The zero-order valence-electron chi connectivity index (χ0n) is 17.7. The van der Waals surface area contributed by atoms with Crippen LogP contribution in [0.2, 0.25) is 0 Å². The van der Waals surface area contributed by atoms with Gasteiger partial charge >= 0.3 is 12.1 Å². The first-order valence-electron chi connectivity index (χ1n) is 10.0. The van der Waals surface area contributed by atoms with Crippen molar-refractivity contribution in [2.24, 2.45) is 0 Å². The van der Waals surface area contributed by atoms with Gasteiger partial charge in [-0.2, -0.15) is 13.2 Å². The molecule has 3 rings (SSSR count). The number of ether oxygens (including phenoxy) is 4. The minimum Gasteiger partial charge on any atom is -0.457 e. The van der Waals surface area contributed by atoms with Gasteiger partial charge in [-0.25, -0.2) is 0 Å². The van der Waals surface area contributed by atoms with E-state index in [0.717, 1.165) is 24.2 Å². The number of thioether (sulfide) groups is 1. The Hall–Kier alpha value is -2.07. The smallest absolute Gasteiger partial charge is 0.417 e. The maximum Gasteiger partial charge on any atom is 0.417 e. The highest BCUT2D eigenvalue weighted by Gasteiger charge is 2.58. The lowest BCUT2D eigenvalue weighted by Crippen LogP contribution is -2.63. The molecule has 0 saturated carbocycles. The molecular weight excluding hydrogens is 445 g/mol. The van der Waals surface area contributed by atoms with Crippen LogP contribution in [0.15, 0.2) is 60.7 Å². The van der Waals surface area contributed by atoms with Crippen molar-refractivity contribution in [3.05, 3.63) is 71.8 Å². The van der Waals surface area contributed by atoms with Crippen molar-refractivity contribution in [1.29, 1.82) is 0 Å². The molecule has 1 saturated heterocycles. The Balaban J connectivity index is 1.88. The molecule has 174 valence electrons. The van der Waals surface area contributed by atoms with E-state index >= 15 is 0 Å². The summed E-state index contributed by atoms with van der Waals surface area (Å²) in [5.74, 6) is -0.723. The van der Waals surface area contributed by atoms with Gasteiger partial charge in [0, 0.05) is 6.92 Å². The van der Waals surface area contributed by atoms with Crippen molar-refractivity contribution >= 4 is 17.7 Å². The summed E-state index contributed by atoms with van der Waals surface area (Å²) in [5, 5.41) is 0. The van der Waals surface area contributed by atoms with Crippen LogP contribution < -0.4 is 0 Å². The average Bonchev–Trinajstić information content (AvgIpc) is 2.77. The highest BCUT2D eigenvalue weighted by molar-refractivity contribution is 7.99. The van der Waals surface area contributed by atoms with Gasteiger partial charge < -0.3 is 18.9 Å².